The first-order valence-corrected chi connectivity index (χ1v) is 6.47. The van der Waals surface area contributed by atoms with Crippen LogP contribution in [0.25, 0.3) is 11.3 Å². The smallest absolute Gasteiger partial charge is 0.356 e. The lowest BCUT2D eigenvalue weighted by Gasteiger charge is -2.09. The van der Waals surface area contributed by atoms with Crippen LogP contribution in [0.15, 0.2) is 24.3 Å². The highest BCUT2D eigenvalue weighted by molar-refractivity contribution is 6.41. The van der Waals surface area contributed by atoms with Crippen LogP contribution in [0.1, 0.15) is 10.5 Å². The third-order valence-electron chi connectivity index (χ3n) is 2.48. The number of carbonyl (C=O) groups is 1. The first-order valence-electron chi connectivity index (χ1n) is 5.34. The summed E-state index contributed by atoms with van der Waals surface area (Å²) in [5.74, 6) is -1.35. The standard InChI is InChI=1S/C13H7Cl3FNO2/c1-20-13(19)10-3-2-9(17)12(18-10)11-7(15)4-6(14)5-8(11)16/h2-5H,1H3. The van der Waals surface area contributed by atoms with Gasteiger partial charge in [-0.15, -0.1) is 0 Å². The molecule has 1 aromatic heterocycles. The van der Waals surface area contributed by atoms with Crippen LogP contribution in [0.4, 0.5) is 4.39 Å². The molecule has 0 unspecified atom stereocenters. The average molecular weight is 335 g/mol. The van der Waals surface area contributed by atoms with Gasteiger partial charge in [0, 0.05) is 10.6 Å². The monoisotopic (exact) mass is 333 g/mol. The molecule has 0 atom stereocenters. The summed E-state index contributed by atoms with van der Waals surface area (Å²) in [7, 11) is 1.20. The molecule has 0 bridgehead atoms. The van der Waals surface area contributed by atoms with Gasteiger partial charge >= 0.3 is 5.97 Å². The Bertz CT molecular complexity index is 668. The zero-order chi connectivity index (χ0) is 14.9. The number of ether oxygens (including phenoxy) is 1. The van der Waals surface area contributed by atoms with E-state index in [2.05, 4.69) is 9.72 Å². The zero-order valence-electron chi connectivity index (χ0n) is 10.1. The van der Waals surface area contributed by atoms with E-state index in [1.165, 1.54) is 25.3 Å². The van der Waals surface area contributed by atoms with Crippen molar-refractivity contribution in [3.05, 3.63) is 50.8 Å². The fourth-order valence-corrected chi connectivity index (χ4v) is 2.60. The van der Waals surface area contributed by atoms with Gasteiger partial charge in [-0.05, 0) is 24.3 Å². The molecule has 0 aliphatic carbocycles. The summed E-state index contributed by atoms with van der Waals surface area (Å²) in [6.07, 6.45) is 0. The number of hydrogen-bond acceptors (Lipinski definition) is 3. The Labute approximate surface area is 129 Å². The van der Waals surface area contributed by atoms with Crippen molar-refractivity contribution in [1.82, 2.24) is 4.98 Å². The number of aromatic nitrogens is 1. The summed E-state index contributed by atoms with van der Waals surface area (Å²) in [5, 5.41) is 0.583. The van der Waals surface area contributed by atoms with E-state index in [1.807, 2.05) is 0 Å². The molecule has 2 aromatic rings. The van der Waals surface area contributed by atoms with Gasteiger partial charge in [0.25, 0.3) is 0 Å². The molecule has 0 N–H and O–H groups in total. The van der Waals surface area contributed by atoms with Crippen LogP contribution in [0.5, 0.6) is 0 Å². The molecule has 1 heterocycles. The lowest BCUT2D eigenvalue weighted by Crippen LogP contribution is -2.06. The Hall–Kier alpha value is -1.36. The molecule has 20 heavy (non-hydrogen) atoms. The number of hydrogen-bond donors (Lipinski definition) is 0. The number of rotatable bonds is 2. The number of halogens is 4. The third kappa shape index (κ3) is 2.87. The van der Waals surface area contributed by atoms with Gasteiger partial charge in [0.15, 0.2) is 0 Å². The quantitative estimate of drug-likeness (QED) is 0.751. The maximum atomic E-state index is 13.9. The molecule has 104 valence electrons. The summed E-state index contributed by atoms with van der Waals surface area (Å²) < 4.78 is 18.5. The molecule has 3 nitrogen and oxygen atoms in total. The van der Waals surface area contributed by atoms with Crippen molar-refractivity contribution >= 4 is 40.8 Å². The van der Waals surface area contributed by atoms with Crippen LogP contribution in [-0.2, 0) is 4.74 Å². The number of methoxy groups -OCH3 is 1. The maximum Gasteiger partial charge on any atom is 0.356 e. The van der Waals surface area contributed by atoms with Crippen molar-refractivity contribution in [1.29, 1.82) is 0 Å². The third-order valence-corrected chi connectivity index (χ3v) is 3.30. The minimum absolute atomic E-state index is 0.0500. The van der Waals surface area contributed by atoms with Gasteiger partial charge in [-0.1, -0.05) is 34.8 Å². The minimum Gasteiger partial charge on any atom is -0.464 e. The molecular formula is C13H7Cl3FNO2. The molecule has 0 saturated heterocycles. The van der Waals surface area contributed by atoms with Crippen LogP contribution in [0.3, 0.4) is 0 Å². The minimum atomic E-state index is -0.688. The molecule has 0 aliphatic rings. The first kappa shape index (κ1) is 15.0. The van der Waals surface area contributed by atoms with E-state index in [9.17, 15) is 9.18 Å². The lowest BCUT2D eigenvalue weighted by atomic mass is 10.1. The van der Waals surface area contributed by atoms with Crippen molar-refractivity contribution in [2.75, 3.05) is 7.11 Å². The summed E-state index contributed by atoms with van der Waals surface area (Å²) in [6.45, 7) is 0. The fourth-order valence-electron chi connectivity index (χ4n) is 1.60. The Balaban J connectivity index is 2.66. The van der Waals surface area contributed by atoms with Crippen LogP contribution >= 0.6 is 34.8 Å². The molecule has 7 heteroatoms. The molecule has 0 spiro atoms. The number of pyridine rings is 1. The summed E-state index contributed by atoms with van der Waals surface area (Å²) in [5.41, 5.74) is -0.0217. The molecule has 0 radical (unpaired) electrons. The van der Waals surface area contributed by atoms with Gasteiger partial charge in [0.05, 0.1) is 17.2 Å². The molecule has 0 amide bonds. The predicted octanol–water partition coefficient (Wildman–Crippen LogP) is 4.63. The molecule has 1 aromatic carbocycles. The number of benzene rings is 1. The van der Waals surface area contributed by atoms with Gasteiger partial charge in [0.2, 0.25) is 0 Å². The van der Waals surface area contributed by atoms with E-state index >= 15 is 0 Å². The van der Waals surface area contributed by atoms with Crippen molar-refractivity contribution in [2.24, 2.45) is 0 Å². The summed E-state index contributed by atoms with van der Waals surface area (Å²) in [4.78, 5) is 15.3. The second-order valence-electron chi connectivity index (χ2n) is 3.76. The fraction of sp³-hybridized carbons (Fsp3) is 0.0769. The summed E-state index contributed by atoms with van der Waals surface area (Å²) >= 11 is 17.8. The molecule has 2 rings (SSSR count). The zero-order valence-corrected chi connectivity index (χ0v) is 12.4. The van der Waals surface area contributed by atoms with Crippen LogP contribution in [0.2, 0.25) is 15.1 Å². The van der Waals surface area contributed by atoms with E-state index in [-0.39, 0.29) is 27.0 Å². The molecule has 0 fully saturated rings. The first-order chi connectivity index (χ1) is 9.43. The van der Waals surface area contributed by atoms with Crippen molar-refractivity contribution in [2.45, 2.75) is 0 Å². The Kier molecular flexibility index (Phi) is 4.48. The van der Waals surface area contributed by atoms with E-state index in [0.29, 0.717) is 5.02 Å². The largest absolute Gasteiger partial charge is 0.464 e. The predicted molar refractivity (Wildman–Crippen MR) is 76.0 cm³/mol. The van der Waals surface area contributed by atoms with E-state index in [4.69, 9.17) is 34.8 Å². The van der Waals surface area contributed by atoms with E-state index in [1.54, 1.807) is 0 Å². The number of esters is 1. The van der Waals surface area contributed by atoms with Gasteiger partial charge in [-0.25, -0.2) is 14.2 Å². The van der Waals surface area contributed by atoms with Crippen molar-refractivity contribution in [3.8, 4) is 11.3 Å². The molecule has 0 aliphatic heterocycles. The average Bonchev–Trinajstić information content (AvgIpc) is 2.38. The number of carbonyl (C=O) groups excluding carboxylic acids is 1. The van der Waals surface area contributed by atoms with E-state index in [0.717, 1.165) is 6.07 Å². The Morgan fingerprint density at radius 2 is 1.80 bits per heavy atom. The SMILES string of the molecule is COC(=O)c1ccc(F)c(-c2c(Cl)cc(Cl)cc2Cl)n1. The Morgan fingerprint density at radius 1 is 1.20 bits per heavy atom. The topological polar surface area (TPSA) is 39.2 Å². The number of nitrogens with zero attached hydrogens (tertiary/aromatic N) is 1. The highest BCUT2D eigenvalue weighted by Crippen LogP contribution is 2.37. The van der Waals surface area contributed by atoms with Gasteiger partial charge < -0.3 is 4.74 Å². The van der Waals surface area contributed by atoms with Gasteiger partial charge in [-0.3, -0.25) is 0 Å². The van der Waals surface area contributed by atoms with Gasteiger partial charge in [-0.2, -0.15) is 0 Å². The van der Waals surface area contributed by atoms with Crippen LogP contribution in [-0.4, -0.2) is 18.1 Å². The highest BCUT2D eigenvalue weighted by Gasteiger charge is 2.18. The second-order valence-corrected chi connectivity index (χ2v) is 5.01. The van der Waals surface area contributed by atoms with Crippen LogP contribution < -0.4 is 0 Å². The molecule has 0 saturated carbocycles. The molecular weight excluding hydrogens is 328 g/mol. The lowest BCUT2D eigenvalue weighted by molar-refractivity contribution is 0.0594. The van der Waals surface area contributed by atoms with Crippen LogP contribution in [0, 0.1) is 5.82 Å². The highest BCUT2D eigenvalue weighted by atomic mass is 35.5. The van der Waals surface area contributed by atoms with E-state index < -0.39 is 11.8 Å². The normalized spacial score (nSPS) is 10.4. The summed E-state index contributed by atoms with van der Waals surface area (Å²) in [6, 6.07) is 5.13. The van der Waals surface area contributed by atoms with Gasteiger partial charge in [0.1, 0.15) is 17.2 Å². The maximum absolute atomic E-state index is 13.9. The van der Waals surface area contributed by atoms with Crippen molar-refractivity contribution < 1.29 is 13.9 Å². The Morgan fingerprint density at radius 3 is 2.35 bits per heavy atom. The second kappa shape index (κ2) is 5.95. The van der Waals surface area contributed by atoms with Crippen molar-refractivity contribution in [3.63, 3.8) is 0 Å².